The molecule has 0 radical (unpaired) electrons. The maximum Gasteiger partial charge on any atom is 0.285 e. The van der Waals surface area contributed by atoms with Gasteiger partial charge in [-0.3, -0.25) is 9.78 Å². The Balaban J connectivity index is 2.79. The third-order valence-corrected chi connectivity index (χ3v) is 3.03. The summed E-state index contributed by atoms with van der Waals surface area (Å²) in [5, 5.41) is 0.0420. The van der Waals surface area contributed by atoms with Crippen molar-refractivity contribution in [3.63, 3.8) is 0 Å². The van der Waals surface area contributed by atoms with Gasteiger partial charge in [-0.1, -0.05) is 13.3 Å². The van der Waals surface area contributed by atoms with E-state index in [4.69, 9.17) is 0 Å². The summed E-state index contributed by atoms with van der Waals surface area (Å²) in [5.41, 5.74) is 1.01. The number of carbonyl (C=O) groups excluding carboxylic acids is 1. The van der Waals surface area contributed by atoms with E-state index in [0.717, 1.165) is 23.4 Å². The Morgan fingerprint density at radius 2 is 2.27 bits per heavy atom. The molecule has 3 nitrogen and oxygen atoms in total. The van der Waals surface area contributed by atoms with Gasteiger partial charge in [-0.25, -0.2) is 0 Å². The third kappa shape index (κ3) is 3.55. The smallest absolute Gasteiger partial charge is 0.285 e. The number of pyridine rings is 1. The van der Waals surface area contributed by atoms with Crippen molar-refractivity contribution >= 4 is 17.0 Å². The number of carbonyl (C=O) groups is 1. The summed E-state index contributed by atoms with van der Waals surface area (Å²) in [6, 6.07) is 3.81. The summed E-state index contributed by atoms with van der Waals surface area (Å²) in [5.74, 6) is 0. The van der Waals surface area contributed by atoms with Crippen molar-refractivity contribution in [2.45, 2.75) is 24.7 Å². The fraction of sp³-hybridized carbons (Fsp3) is 0.455. The zero-order valence-electron chi connectivity index (χ0n) is 9.36. The molecule has 0 aliphatic carbocycles. The van der Waals surface area contributed by atoms with Crippen LogP contribution in [-0.4, -0.2) is 29.2 Å². The molecule has 0 aromatic carbocycles. The number of nitrogens with zero attached hydrogens (tertiary/aromatic N) is 2. The van der Waals surface area contributed by atoms with Gasteiger partial charge < -0.3 is 4.90 Å². The first kappa shape index (κ1) is 12.0. The number of aryl methyl sites for hydroxylation is 1. The predicted molar refractivity (Wildman–Crippen MR) is 63.2 cm³/mol. The van der Waals surface area contributed by atoms with Crippen molar-refractivity contribution in [2.75, 3.05) is 14.1 Å². The molecule has 1 aromatic rings. The molecule has 82 valence electrons. The number of thioether (sulfide) groups is 1. The highest BCUT2D eigenvalue weighted by molar-refractivity contribution is 8.13. The standard InChI is InChI=1S/C11H16N2OS/c1-4-6-9-10(7-5-8-12-9)15-11(14)13(2)3/h5,7-8H,4,6H2,1-3H3. The van der Waals surface area contributed by atoms with Crippen molar-refractivity contribution in [1.82, 2.24) is 9.88 Å². The molecule has 0 aliphatic rings. The first-order valence-corrected chi connectivity index (χ1v) is 5.79. The molecule has 1 amide bonds. The second-order valence-electron chi connectivity index (χ2n) is 3.46. The van der Waals surface area contributed by atoms with Gasteiger partial charge in [0.2, 0.25) is 0 Å². The number of aromatic nitrogens is 1. The lowest BCUT2D eigenvalue weighted by atomic mass is 10.2. The van der Waals surface area contributed by atoms with Crippen LogP contribution in [0.3, 0.4) is 0 Å². The van der Waals surface area contributed by atoms with E-state index in [-0.39, 0.29) is 5.24 Å². The second-order valence-corrected chi connectivity index (χ2v) is 4.45. The van der Waals surface area contributed by atoms with E-state index < -0.39 is 0 Å². The Bertz CT molecular complexity index is 339. The Morgan fingerprint density at radius 1 is 1.53 bits per heavy atom. The number of amides is 1. The minimum absolute atomic E-state index is 0.0420. The maximum absolute atomic E-state index is 11.5. The van der Waals surface area contributed by atoms with Gasteiger partial charge in [0.25, 0.3) is 5.24 Å². The van der Waals surface area contributed by atoms with Crippen LogP contribution in [-0.2, 0) is 6.42 Å². The van der Waals surface area contributed by atoms with Crippen LogP contribution in [0.1, 0.15) is 19.0 Å². The highest BCUT2D eigenvalue weighted by Gasteiger charge is 2.10. The lowest BCUT2D eigenvalue weighted by molar-refractivity contribution is 0.241. The highest BCUT2D eigenvalue weighted by atomic mass is 32.2. The Kier molecular flexibility index (Phi) is 4.62. The van der Waals surface area contributed by atoms with Crippen LogP contribution < -0.4 is 0 Å². The summed E-state index contributed by atoms with van der Waals surface area (Å²) in [6.45, 7) is 2.11. The molecule has 0 saturated heterocycles. The van der Waals surface area contributed by atoms with Crippen LogP contribution in [0.15, 0.2) is 23.2 Å². The number of rotatable bonds is 3. The van der Waals surface area contributed by atoms with Gasteiger partial charge in [0, 0.05) is 25.2 Å². The predicted octanol–water partition coefficient (Wildman–Crippen LogP) is 2.81. The average molecular weight is 224 g/mol. The van der Waals surface area contributed by atoms with Crippen LogP contribution in [0, 0.1) is 0 Å². The first-order chi connectivity index (χ1) is 7.15. The normalized spacial score (nSPS) is 10.1. The van der Waals surface area contributed by atoms with E-state index >= 15 is 0 Å². The van der Waals surface area contributed by atoms with Crippen molar-refractivity contribution in [3.05, 3.63) is 24.0 Å². The minimum atomic E-state index is 0.0420. The zero-order valence-corrected chi connectivity index (χ0v) is 10.2. The molecule has 15 heavy (non-hydrogen) atoms. The maximum atomic E-state index is 11.5. The van der Waals surface area contributed by atoms with E-state index in [2.05, 4.69) is 11.9 Å². The first-order valence-electron chi connectivity index (χ1n) is 4.98. The van der Waals surface area contributed by atoms with Gasteiger partial charge in [0.1, 0.15) is 0 Å². The lowest BCUT2D eigenvalue weighted by Gasteiger charge is -2.11. The molecular weight excluding hydrogens is 208 g/mol. The summed E-state index contributed by atoms with van der Waals surface area (Å²) in [4.78, 5) is 18.4. The molecule has 0 bridgehead atoms. The van der Waals surface area contributed by atoms with E-state index in [0.29, 0.717) is 0 Å². The molecule has 1 heterocycles. The Hall–Kier alpha value is -1.03. The van der Waals surface area contributed by atoms with Crippen LogP contribution >= 0.6 is 11.8 Å². The third-order valence-electron chi connectivity index (χ3n) is 1.90. The van der Waals surface area contributed by atoms with Gasteiger partial charge in [-0.2, -0.15) is 0 Å². The SMILES string of the molecule is CCCc1ncccc1SC(=O)N(C)C. The van der Waals surface area contributed by atoms with Crippen molar-refractivity contribution in [3.8, 4) is 0 Å². The fourth-order valence-corrected chi connectivity index (χ4v) is 1.92. The summed E-state index contributed by atoms with van der Waals surface area (Å²) in [7, 11) is 3.51. The molecule has 0 fully saturated rings. The Labute approximate surface area is 94.9 Å². The van der Waals surface area contributed by atoms with E-state index in [1.165, 1.54) is 11.8 Å². The van der Waals surface area contributed by atoms with Crippen LogP contribution in [0.25, 0.3) is 0 Å². The summed E-state index contributed by atoms with van der Waals surface area (Å²) in [6.07, 6.45) is 3.74. The monoisotopic (exact) mass is 224 g/mol. The molecule has 0 unspecified atom stereocenters. The van der Waals surface area contributed by atoms with Gasteiger partial charge in [-0.05, 0) is 30.3 Å². The van der Waals surface area contributed by atoms with E-state index in [9.17, 15) is 4.79 Å². The largest absolute Gasteiger partial charge is 0.339 e. The molecule has 0 aliphatic heterocycles. The fourth-order valence-electron chi connectivity index (χ4n) is 1.13. The number of hydrogen-bond donors (Lipinski definition) is 0. The lowest BCUT2D eigenvalue weighted by Crippen LogP contribution is -2.16. The minimum Gasteiger partial charge on any atom is -0.339 e. The molecule has 0 atom stereocenters. The van der Waals surface area contributed by atoms with E-state index in [1.807, 2.05) is 12.1 Å². The van der Waals surface area contributed by atoms with Crippen LogP contribution in [0.5, 0.6) is 0 Å². The zero-order chi connectivity index (χ0) is 11.3. The Morgan fingerprint density at radius 3 is 2.87 bits per heavy atom. The molecule has 0 N–H and O–H groups in total. The van der Waals surface area contributed by atoms with E-state index in [1.54, 1.807) is 25.2 Å². The number of hydrogen-bond acceptors (Lipinski definition) is 3. The van der Waals surface area contributed by atoms with Crippen LogP contribution in [0.2, 0.25) is 0 Å². The summed E-state index contributed by atoms with van der Waals surface area (Å²) < 4.78 is 0. The molecule has 1 aromatic heterocycles. The van der Waals surface area contributed by atoms with Crippen LogP contribution in [0.4, 0.5) is 4.79 Å². The molecule has 0 spiro atoms. The molecule has 0 saturated carbocycles. The second kappa shape index (κ2) is 5.75. The van der Waals surface area contributed by atoms with Crippen molar-refractivity contribution in [2.24, 2.45) is 0 Å². The topological polar surface area (TPSA) is 33.2 Å². The average Bonchev–Trinajstić information content (AvgIpc) is 2.21. The molecule has 1 rings (SSSR count). The van der Waals surface area contributed by atoms with Gasteiger partial charge >= 0.3 is 0 Å². The molecular formula is C11H16N2OS. The quantitative estimate of drug-likeness (QED) is 0.740. The highest BCUT2D eigenvalue weighted by Crippen LogP contribution is 2.23. The van der Waals surface area contributed by atoms with Gasteiger partial charge in [0.05, 0.1) is 5.69 Å². The van der Waals surface area contributed by atoms with Crippen molar-refractivity contribution in [1.29, 1.82) is 0 Å². The van der Waals surface area contributed by atoms with Crippen molar-refractivity contribution < 1.29 is 4.79 Å². The van der Waals surface area contributed by atoms with Gasteiger partial charge in [0.15, 0.2) is 0 Å². The molecule has 4 heteroatoms. The van der Waals surface area contributed by atoms with Gasteiger partial charge in [-0.15, -0.1) is 0 Å². The summed E-state index contributed by atoms with van der Waals surface area (Å²) >= 11 is 1.24.